The number of methoxy groups -OCH3 is 1. The summed E-state index contributed by atoms with van der Waals surface area (Å²) in [6.07, 6.45) is 3.11. The molecule has 6 rings (SSSR count). The number of aliphatic hydroxyl groups excluding tert-OH is 1. The molecule has 11 nitrogen and oxygen atoms in total. The van der Waals surface area contributed by atoms with Gasteiger partial charge in [-0.25, -0.2) is 14.8 Å². The van der Waals surface area contributed by atoms with E-state index in [1.54, 1.807) is 5.51 Å². The van der Waals surface area contributed by atoms with Gasteiger partial charge in [0.05, 0.1) is 48.8 Å². The minimum absolute atomic E-state index is 0.0487. The van der Waals surface area contributed by atoms with Crippen LogP contribution >= 0.6 is 11.3 Å². The standard InChI is InChI=1S/C38H45N7O4SSi/c1-6-7-20-44(21-22-49-51(38(2,3)4,29-14-10-8-11-15-29)30-16-12-9-13-17-30)35-33-31(40-36(41-35)42-37(47)48-5)24-45(43-33)23-27-18-19-28(25-46)34-32(27)39-26-50-34/h8-19,24,26,46H,6-7,20-23,25H2,1-5H3,(H,40,42,47). The average molecular weight is 724 g/mol. The van der Waals surface area contributed by atoms with Crippen molar-refractivity contribution in [3.8, 4) is 0 Å². The second-order valence-electron chi connectivity index (χ2n) is 13.5. The first-order valence-electron chi connectivity index (χ1n) is 17.2. The average Bonchev–Trinajstić information content (AvgIpc) is 3.79. The summed E-state index contributed by atoms with van der Waals surface area (Å²) < 4.78 is 14.9. The van der Waals surface area contributed by atoms with Crippen LogP contribution in [-0.2, 0) is 22.3 Å². The van der Waals surface area contributed by atoms with E-state index in [1.807, 2.05) is 35.1 Å². The summed E-state index contributed by atoms with van der Waals surface area (Å²) in [5.74, 6) is 0.742. The minimum Gasteiger partial charge on any atom is -0.453 e. The molecule has 51 heavy (non-hydrogen) atoms. The fourth-order valence-corrected chi connectivity index (χ4v) is 12.1. The molecule has 0 radical (unpaired) electrons. The number of carbonyl (C=O) groups is 1. The molecular formula is C38H45N7O4SSi. The van der Waals surface area contributed by atoms with Gasteiger partial charge in [-0.15, -0.1) is 11.3 Å². The Morgan fingerprint density at radius 3 is 2.27 bits per heavy atom. The summed E-state index contributed by atoms with van der Waals surface area (Å²) in [7, 11) is -1.47. The molecule has 0 spiro atoms. The maximum Gasteiger partial charge on any atom is 0.413 e. The van der Waals surface area contributed by atoms with Gasteiger partial charge in [-0.2, -0.15) is 10.1 Å². The Labute approximate surface area is 303 Å². The molecule has 13 heteroatoms. The van der Waals surface area contributed by atoms with Gasteiger partial charge in [-0.3, -0.25) is 10.00 Å². The number of carbonyl (C=O) groups excluding carboxylic acids is 1. The van der Waals surface area contributed by atoms with Crippen molar-refractivity contribution >= 4 is 69.1 Å². The van der Waals surface area contributed by atoms with Crippen LogP contribution in [-0.4, -0.2) is 71.1 Å². The van der Waals surface area contributed by atoms with Gasteiger partial charge in [0.25, 0.3) is 8.32 Å². The van der Waals surface area contributed by atoms with Crippen LogP contribution in [0, 0.1) is 0 Å². The summed E-state index contributed by atoms with van der Waals surface area (Å²) in [5, 5.41) is 19.8. The zero-order chi connectivity index (χ0) is 36.0. The highest BCUT2D eigenvalue weighted by Gasteiger charge is 2.50. The highest BCUT2D eigenvalue weighted by Crippen LogP contribution is 2.37. The molecule has 0 fully saturated rings. The van der Waals surface area contributed by atoms with E-state index in [0.29, 0.717) is 43.1 Å². The first-order chi connectivity index (χ1) is 24.7. The quantitative estimate of drug-likeness (QED) is 0.124. The summed E-state index contributed by atoms with van der Waals surface area (Å²) in [6, 6.07) is 25.1. The van der Waals surface area contributed by atoms with E-state index >= 15 is 0 Å². The second-order valence-corrected chi connectivity index (χ2v) is 18.6. The molecular weight excluding hydrogens is 679 g/mol. The highest BCUT2D eigenvalue weighted by atomic mass is 32.1. The van der Waals surface area contributed by atoms with E-state index < -0.39 is 14.4 Å². The minimum atomic E-state index is -2.78. The van der Waals surface area contributed by atoms with Crippen LogP contribution < -0.4 is 20.6 Å². The topological polar surface area (TPSA) is 128 Å². The van der Waals surface area contributed by atoms with Gasteiger partial charge in [0.15, 0.2) is 11.3 Å². The third kappa shape index (κ3) is 7.52. The predicted molar refractivity (Wildman–Crippen MR) is 207 cm³/mol. The number of anilines is 2. The lowest BCUT2D eigenvalue weighted by atomic mass is 10.1. The number of ether oxygens (including phenoxy) is 1. The second kappa shape index (κ2) is 15.7. The number of rotatable bonds is 14. The molecule has 2 N–H and O–H groups in total. The van der Waals surface area contributed by atoms with Crippen molar-refractivity contribution in [3.63, 3.8) is 0 Å². The largest absolute Gasteiger partial charge is 0.453 e. The summed E-state index contributed by atoms with van der Waals surface area (Å²) in [4.78, 5) is 28.6. The van der Waals surface area contributed by atoms with Crippen molar-refractivity contribution in [2.75, 3.05) is 37.0 Å². The third-order valence-corrected chi connectivity index (χ3v) is 15.1. The van der Waals surface area contributed by atoms with Gasteiger partial charge < -0.3 is 19.2 Å². The highest BCUT2D eigenvalue weighted by molar-refractivity contribution is 7.17. The molecule has 0 aliphatic rings. The lowest BCUT2D eigenvalue weighted by molar-refractivity contribution is 0.186. The zero-order valence-electron chi connectivity index (χ0n) is 29.8. The molecule has 0 aliphatic heterocycles. The number of thiazole rings is 1. The first kappa shape index (κ1) is 36.1. The van der Waals surface area contributed by atoms with Gasteiger partial charge in [0.2, 0.25) is 5.95 Å². The van der Waals surface area contributed by atoms with E-state index in [9.17, 15) is 9.90 Å². The number of fused-ring (bicyclic) bond motifs is 2. The molecule has 0 unspecified atom stereocenters. The predicted octanol–water partition coefficient (Wildman–Crippen LogP) is 6.34. The van der Waals surface area contributed by atoms with Gasteiger partial charge >= 0.3 is 6.09 Å². The van der Waals surface area contributed by atoms with Crippen molar-refractivity contribution in [2.45, 2.75) is 58.7 Å². The summed E-state index contributed by atoms with van der Waals surface area (Å²) in [6.45, 7) is 11.1. The van der Waals surface area contributed by atoms with E-state index in [-0.39, 0.29) is 17.6 Å². The van der Waals surface area contributed by atoms with Crippen LogP contribution in [0.15, 0.2) is 84.5 Å². The number of hydrogen-bond acceptors (Lipinski definition) is 10. The number of nitrogens with zero attached hydrogens (tertiary/aromatic N) is 6. The van der Waals surface area contributed by atoms with Crippen molar-refractivity contribution in [1.82, 2.24) is 24.7 Å². The zero-order valence-corrected chi connectivity index (χ0v) is 31.6. The maximum atomic E-state index is 12.3. The Kier molecular flexibility index (Phi) is 11.1. The normalized spacial score (nSPS) is 12.0. The van der Waals surface area contributed by atoms with Crippen molar-refractivity contribution in [2.24, 2.45) is 0 Å². The third-order valence-electron chi connectivity index (χ3n) is 9.12. The number of aliphatic hydroxyl groups is 1. The van der Waals surface area contributed by atoms with Crippen molar-refractivity contribution < 1.29 is 19.1 Å². The lowest BCUT2D eigenvalue weighted by Gasteiger charge is -2.43. The lowest BCUT2D eigenvalue weighted by Crippen LogP contribution is -2.67. The molecule has 3 aromatic carbocycles. The van der Waals surface area contributed by atoms with Crippen LogP contribution in [0.3, 0.4) is 0 Å². The number of nitrogens with one attached hydrogen (secondary N) is 1. The SMILES string of the molecule is CCCCN(CCO[Si](c1ccccc1)(c1ccccc1)C(C)(C)C)c1nc(NC(=O)OC)nc2cn(Cc3ccc(CO)c4scnc34)nc12. The Hall–Kier alpha value is -4.69. The Balaban J connectivity index is 1.38. The van der Waals surface area contributed by atoms with Gasteiger partial charge in [0, 0.05) is 18.7 Å². The van der Waals surface area contributed by atoms with Gasteiger partial charge in [-0.05, 0) is 27.4 Å². The Morgan fingerprint density at radius 2 is 1.65 bits per heavy atom. The van der Waals surface area contributed by atoms with Gasteiger partial charge in [0.1, 0.15) is 5.52 Å². The number of amides is 1. The molecule has 0 bridgehead atoms. The number of benzene rings is 3. The van der Waals surface area contributed by atoms with E-state index in [2.05, 4.69) is 96.4 Å². The maximum absolute atomic E-state index is 12.3. The van der Waals surface area contributed by atoms with Crippen molar-refractivity contribution in [3.05, 3.63) is 95.6 Å². The Morgan fingerprint density at radius 1 is 0.961 bits per heavy atom. The monoisotopic (exact) mass is 723 g/mol. The molecule has 266 valence electrons. The molecule has 0 aliphatic carbocycles. The molecule has 0 atom stereocenters. The molecule has 6 aromatic rings. The number of unbranched alkanes of at least 4 members (excludes halogenated alkanes) is 1. The van der Waals surface area contributed by atoms with Crippen molar-refractivity contribution in [1.29, 1.82) is 0 Å². The van der Waals surface area contributed by atoms with Crippen LogP contribution in [0.5, 0.6) is 0 Å². The fourth-order valence-electron chi connectivity index (χ4n) is 6.67. The number of hydrogen-bond donors (Lipinski definition) is 2. The smallest absolute Gasteiger partial charge is 0.413 e. The van der Waals surface area contributed by atoms with E-state index in [1.165, 1.54) is 28.8 Å². The molecule has 3 heterocycles. The van der Waals surface area contributed by atoms with Crippen LogP contribution in [0.2, 0.25) is 5.04 Å². The number of aromatic nitrogens is 5. The van der Waals surface area contributed by atoms with E-state index in [4.69, 9.17) is 19.2 Å². The summed E-state index contributed by atoms with van der Waals surface area (Å²) >= 11 is 1.51. The molecule has 0 saturated heterocycles. The first-order valence-corrected chi connectivity index (χ1v) is 20.0. The van der Waals surface area contributed by atoms with Crippen LogP contribution in [0.1, 0.15) is 51.7 Å². The molecule has 1 amide bonds. The van der Waals surface area contributed by atoms with Crippen LogP contribution in [0.4, 0.5) is 16.6 Å². The van der Waals surface area contributed by atoms with Gasteiger partial charge in [-0.1, -0.05) is 107 Å². The Bertz CT molecular complexity index is 2040. The summed E-state index contributed by atoms with van der Waals surface area (Å²) in [5.41, 5.74) is 5.66. The molecule has 3 aromatic heterocycles. The fraction of sp³-hybridized carbons (Fsp3) is 0.342. The van der Waals surface area contributed by atoms with E-state index in [0.717, 1.165) is 34.2 Å². The molecule has 0 saturated carbocycles. The van der Waals surface area contributed by atoms with Crippen LogP contribution in [0.25, 0.3) is 21.3 Å².